The zero-order valence-corrected chi connectivity index (χ0v) is 15.8. The van der Waals surface area contributed by atoms with E-state index in [4.69, 9.17) is 14.2 Å². The van der Waals surface area contributed by atoms with E-state index in [1.165, 1.54) is 26.4 Å². The molecule has 148 valence electrons. The highest BCUT2D eigenvalue weighted by atomic mass is 19.1. The minimum Gasteiger partial charge on any atom is -0.496 e. The number of amides is 1. The summed E-state index contributed by atoms with van der Waals surface area (Å²) in [6.45, 7) is 0.718. The molecule has 0 bridgehead atoms. The Kier molecular flexibility index (Phi) is 5.94. The number of hydrogen-bond donors (Lipinski definition) is 1. The summed E-state index contributed by atoms with van der Waals surface area (Å²) in [5.41, 5.74) is -0.116. The van der Waals surface area contributed by atoms with E-state index < -0.39 is 17.2 Å². The van der Waals surface area contributed by atoms with Crippen LogP contribution in [0.5, 0.6) is 5.75 Å². The maximum Gasteiger partial charge on any atom is 0.341 e. The van der Waals surface area contributed by atoms with Crippen molar-refractivity contribution in [3.05, 3.63) is 59.4 Å². The van der Waals surface area contributed by atoms with E-state index in [9.17, 15) is 14.0 Å². The van der Waals surface area contributed by atoms with Gasteiger partial charge in [0.15, 0.2) is 0 Å². The number of hydrogen-bond acceptors (Lipinski definition) is 5. The Hall–Kier alpha value is -2.93. The molecule has 3 rings (SSSR count). The Bertz CT molecular complexity index is 877. The van der Waals surface area contributed by atoms with Crippen LogP contribution in [-0.2, 0) is 19.7 Å². The van der Waals surface area contributed by atoms with Gasteiger partial charge < -0.3 is 19.5 Å². The minimum atomic E-state index is -1.05. The van der Waals surface area contributed by atoms with E-state index in [1.807, 2.05) is 0 Å². The Labute approximate surface area is 162 Å². The van der Waals surface area contributed by atoms with Crippen LogP contribution in [0.2, 0.25) is 0 Å². The lowest BCUT2D eigenvalue weighted by Crippen LogP contribution is -2.45. The molecule has 0 aromatic heterocycles. The van der Waals surface area contributed by atoms with E-state index in [-0.39, 0.29) is 11.5 Å². The number of esters is 1. The normalized spacial score (nSPS) is 15.5. The van der Waals surface area contributed by atoms with Crippen LogP contribution in [0.1, 0.15) is 28.8 Å². The van der Waals surface area contributed by atoms with E-state index in [1.54, 1.807) is 30.3 Å². The predicted molar refractivity (Wildman–Crippen MR) is 101 cm³/mol. The van der Waals surface area contributed by atoms with Gasteiger partial charge in [-0.1, -0.05) is 18.2 Å². The topological polar surface area (TPSA) is 73.9 Å². The fourth-order valence-electron chi connectivity index (χ4n) is 3.49. The minimum absolute atomic E-state index is 0.190. The summed E-state index contributed by atoms with van der Waals surface area (Å²) in [6, 6.07) is 11.0. The number of nitrogens with one attached hydrogen (secondary N) is 1. The van der Waals surface area contributed by atoms with Crippen molar-refractivity contribution in [1.29, 1.82) is 0 Å². The molecule has 28 heavy (non-hydrogen) atoms. The summed E-state index contributed by atoms with van der Waals surface area (Å²) in [4.78, 5) is 25.2. The second-order valence-electron chi connectivity index (χ2n) is 6.54. The van der Waals surface area contributed by atoms with Gasteiger partial charge in [-0.15, -0.1) is 0 Å². The van der Waals surface area contributed by atoms with Crippen LogP contribution in [0.3, 0.4) is 0 Å². The van der Waals surface area contributed by atoms with Crippen LogP contribution in [0.4, 0.5) is 10.1 Å². The van der Waals surface area contributed by atoms with Crippen molar-refractivity contribution in [2.24, 2.45) is 0 Å². The molecule has 0 unspecified atom stereocenters. The molecule has 6 nitrogen and oxygen atoms in total. The van der Waals surface area contributed by atoms with Gasteiger partial charge in [0.25, 0.3) is 0 Å². The standard InChI is InChI=1S/C21H22FNO5/c1-26-18-8-7-14(13-15(18)19(24)27-2)23-20(25)21(9-11-28-12-10-21)16-5-3-4-6-17(16)22/h3-8,13H,9-12H2,1-2H3,(H,23,25). The molecule has 7 heteroatoms. The van der Waals surface area contributed by atoms with Crippen molar-refractivity contribution in [3.8, 4) is 5.75 Å². The van der Waals surface area contributed by atoms with Gasteiger partial charge >= 0.3 is 5.97 Å². The highest BCUT2D eigenvalue weighted by Crippen LogP contribution is 2.38. The number of rotatable bonds is 5. The average molecular weight is 387 g/mol. The molecule has 1 amide bonds. The number of carbonyl (C=O) groups is 2. The van der Waals surface area contributed by atoms with Crippen molar-refractivity contribution in [3.63, 3.8) is 0 Å². The fraction of sp³-hybridized carbons (Fsp3) is 0.333. The first-order chi connectivity index (χ1) is 13.5. The van der Waals surface area contributed by atoms with Crippen molar-refractivity contribution in [1.82, 2.24) is 0 Å². The lowest BCUT2D eigenvalue weighted by molar-refractivity contribution is -0.125. The smallest absolute Gasteiger partial charge is 0.341 e. The largest absolute Gasteiger partial charge is 0.496 e. The highest BCUT2D eigenvalue weighted by molar-refractivity contribution is 6.01. The molecule has 0 saturated carbocycles. The molecule has 1 aliphatic rings. The Balaban J connectivity index is 1.95. The van der Waals surface area contributed by atoms with Gasteiger partial charge in [0.2, 0.25) is 5.91 Å². The predicted octanol–water partition coefficient (Wildman–Crippen LogP) is 3.31. The van der Waals surface area contributed by atoms with Crippen molar-refractivity contribution < 1.29 is 28.2 Å². The molecule has 0 aliphatic carbocycles. The third-order valence-electron chi connectivity index (χ3n) is 5.03. The SMILES string of the molecule is COC(=O)c1cc(NC(=O)C2(c3ccccc3F)CCOCC2)ccc1OC. The summed E-state index contributed by atoms with van der Waals surface area (Å²) in [6.07, 6.45) is 0.722. The Morgan fingerprint density at radius 1 is 1.11 bits per heavy atom. The lowest BCUT2D eigenvalue weighted by atomic mass is 9.73. The van der Waals surface area contributed by atoms with Crippen LogP contribution in [-0.4, -0.2) is 39.3 Å². The molecule has 2 aromatic carbocycles. The molecule has 1 aliphatic heterocycles. The number of methoxy groups -OCH3 is 2. The van der Waals surface area contributed by atoms with Crippen LogP contribution in [0.15, 0.2) is 42.5 Å². The summed E-state index contributed by atoms with van der Waals surface area (Å²) < 4.78 is 29.9. The fourth-order valence-corrected chi connectivity index (χ4v) is 3.49. The molecule has 0 atom stereocenters. The maximum atomic E-state index is 14.5. The molecular formula is C21H22FNO5. The molecule has 1 saturated heterocycles. The molecule has 2 aromatic rings. The van der Waals surface area contributed by atoms with Gasteiger partial charge in [-0.3, -0.25) is 4.79 Å². The maximum absolute atomic E-state index is 14.5. The van der Waals surface area contributed by atoms with Gasteiger partial charge in [0, 0.05) is 24.5 Å². The summed E-state index contributed by atoms with van der Waals surface area (Å²) >= 11 is 0. The van der Waals surface area contributed by atoms with Crippen molar-refractivity contribution in [2.75, 3.05) is 32.8 Å². The third kappa shape index (κ3) is 3.71. The second kappa shape index (κ2) is 8.39. The quantitative estimate of drug-likeness (QED) is 0.797. The first-order valence-electron chi connectivity index (χ1n) is 8.92. The van der Waals surface area contributed by atoms with Gasteiger partial charge in [0.05, 0.1) is 19.6 Å². The zero-order valence-electron chi connectivity index (χ0n) is 15.8. The van der Waals surface area contributed by atoms with Crippen LogP contribution < -0.4 is 10.1 Å². The van der Waals surface area contributed by atoms with Crippen LogP contribution in [0.25, 0.3) is 0 Å². The van der Waals surface area contributed by atoms with Gasteiger partial charge in [0.1, 0.15) is 17.1 Å². The van der Waals surface area contributed by atoms with Gasteiger partial charge in [-0.2, -0.15) is 0 Å². The first-order valence-corrected chi connectivity index (χ1v) is 8.92. The molecule has 1 heterocycles. The van der Waals surface area contributed by atoms with E-state index >= 15 is 0 Å². The average Bonchev–Trinajstić information content (AvgIpc) is 2.73. The number of carbonyl (C=O) groups excluding carboxylic acids is 2. The molecule has 0 radical (unpaired) electrons. The first kappa shape index (κ1) is 19.8. The number of ether oxygens (including phenoxy) is 3. The second-order valence-corrected chi connectivity index (χ2v) is 6.54. The summed E-state index contributed by atoms with van der Waals surface area (Å²) in [5.74, 6) is -1.02. The van der Waals surface area contributed by atoms with Crippen LogP contribution in [0, 0.1) is 5.82 Å². The van der Waals surface area contributed by atoms with Crippen molar-refractivity contribution in [2.45, 2.75) is 18.3 Å². The Morgan fingerprint density at radius 2 is 1.82 bits per heavy atom. The van der Waals surface area contributed by atoms with Crippen LogP contribution >= 0.6 is 0 Å². The van der Waals surface area contributed by atoms with Crippen molar-refractivity contribution >= 4 is 17.6 Å². The summed E-state index contributed by atoms with van der Waals surface area (Å²) in [5, 5.41) is 2.82. The Morgan fingerprint density at radius 3 is 2.46 bits per heavy atom. The molecule has 1 N–H and O–H groups in total. The van der Waals surface area contributed by atoms with E-state index in [0.717, 1.165) is 0 Å². The number of benzene rings is 2. The van der Waals surface area contributed by atoms with E-state index in [0.29, 0.717) is 43.1 Å². The molecule has 0 spiro atoms. The van der Waals surface area contributed by atoms with Gasteiger partial charge in [-0.05, 0) is 37.1 Å². The number of anilines is 1. The lowest BCUT2D eigenvalue weighted by Gasteiger charge is -2.36. The molecular weight excluding hydrogens is 365 g/mol. The monoisotopic (exact) mass is 387 g/mol. The summed E-state index contributed by atoms with van der Waals surface area (Å²) in [7, 11) is 2.71. The van der Waals surface area contributed by atoms with E-state index in [2.05, 4.69) is 5.32 Å². The number of halogens is 1. The molecule has 1 fully saturated rings. The third-order valence-corrected chi connectivity index (χ3v) is 5.03. The zero-order chi connectivity index (χ0) is 20.1. The highest BCUT2D eigenvalue weighted by Gasteiger charge is 2.43. The van der Waals surface area contributed by atoms with Gasteiger partial charge in [-0.25, -0.2) is 9.18 Å².